The van der Waals surface area contributed by atoms with Crippen molar-refractivity contribution in [2.45, 2.75) is 13.0 Å². The van der Waals surface area contributed by atoms with Crippen molar-refractivity contribution in [3.05, 3.63) is 80.7 Å². The Bertz CT molecular complexity index is 743. The molecule has 1 aliphatic rings. The van der Waals surface area contributed by atoms with Crippen LogP contribution in [0.5, 0.6) is 0 Å². The molecule has 1 heterocycles. The number of hydrogen-bond acceptors (Lipinski definition) is 4. The summed E-state index contributed by atoms with van der Waals surface area (Å²) in [7, 11) is 1.89. The number of amides is 1. The highest BCUT2D eigenvalue weighted by molar-refractivity contribution is 14.1. The van der Waals surface area contributed by atoms with Crippen molar-refractivity contribution in [1.29, 1.82) is 0 Å². The summed E-state index contributed by atoms with van der Waals surface area (Å²) in [5.41, 5.74) is 9.65. The number of carbonyl (C=O) groups is 1. The van der Waals surface area contributed by atoms with Gasteiger partial charge in [0.15, 0.2) is 0 Å². The molecular weight excluding hydrogens is 415 g/mol. The predicted molar refractivity (Wildman–Crippen MR) is 102 cm³/mol. The van der Waals surface area contributed by atoms with Crippen LogP contribution in [-0.2, 0) is 17.8 Å². The van der Waals surface area contributed by atoms with Gasteiger partial charge in [-0.25, -0.2) is 0 Å². The van der Waals surface area contributed by atoms with Crippen molar-refractivity contribution in [2.75, 3.05) is 7.05 Å². The zero-order valence-corrected chi connectivity index (χ0v) is 15.5. The highest BCUT2D eigenvalue weighted by Crippen LogP contribution is 2.16. The van der Waals surface area contributed by atoms with Gasteiger partial charge in [0.1, 0.15) is 5.70 Å². The van der Waals surface area contributed by atoms with E-state index < -0.39 is 0 Å². The number of allylic oxidation sites excluding steroid dienone is 1. The minimum atomic E-state index is -0.115. The van der Waals surface area contributed by atoms with E-state index in [0.717, 1.165) is 16.8 Å². The predicted octanol–water partition coefficient (Wildman–Crippen LogP) is 2.32. The summed E-state index contributed by atoms with van der Waals surface area (Å²) in [4.78, 5) is 12.5. The summed E-state index contributed by atoms with van der Waals surface area (Å²) >= 11 is 2.27. The van der Waals surface area contributed by atoms with Crippen molar-refractivity contribution >= 4 is 28.5 Å². The maximum Gasteiger partial charge on any atom is 0.270 e. The van der Waals surface area contributed by atoms with E-state index in [-0.39, 0.29) is 5.91 Å². The molecular formula is C18H19IN4O. The molecule has 0 fully saturated rings. The standard InChI is InChI=1S/C18H19IN4O/c1-23-16(11-13-5-3-2-4-6-13)17(21-22-23)18(24)20-12-14-7-9-15(19)10-8-14/h2-10,21-22H,11-12H2,1H3,(H,20,24). The quantitative estimate of drug-likeness (QED) is 0.633. The lowest BCUT2D eigenvalue weighted by molar-refractivity contribution is -0.118. The number of rotatable bonds is 5. The van der Waals surface area contributed by atoms with Gasteiger partial charge >= 0.3 is 0 Å². The molecule has 0 spiro atoms. The maximum absolute atomic E-state index is 12.5. The highest BCUT2D eigenvalue weighted by Gasteiger charge is 2.24. The van der Waals surface area contributed by atoms with Crippen LogP contribution in [0.3, 0.4) is 0 Å². The molecule has 1 amide bonds. The SMILES string of the molecule is CN1NNC(C(=O)NCc2ccc(I)cc2)=C1Cc1ccccc1. The molecule has 0 bridgehead atoms. The van der Waals surface area contributed by atoms with Gasteiger partial charge in [-0.2, -0.15) is 0 Å². The first-order valence-corrected chi connectivity index (χ1v) is 8.76. The van der Waals surface area contributed by atoms with Crippen LogP contribution in [0.15, 0.2) is 66.0 Å². The van der Waals surface area contributed by atoms with E-state index in [4.69, 9.17) is 0 Å². The van der Waals surface area contributed by atoms with Gasteiger partial charge in [-0.15, -0.1) is 5.53 Å². The first kappa shape index (κ1) is 16.8. The van der Waals surface area contributed by atoms with Gasteiger partial charge in [0, 0.05) is 23.6 Å². The molecule has 0 radical (unpaired) electrons. The van der Waals surface area contributed by atoms with E-state index in [1.165, 1.54) is 3.57 Å². The number of nitrogens with zero attached hydrogens (tertiary/aromatic N) is 1. The van der Waals surface area contributed by atoms with Crippen molar-refractivity contribution in [3.63, 3.8) is 0 Å². The molecule has 0 aliphatic carbocycles. The molecule has 3 N–H and O–H groups in total. The zero-order valence-electron chi connectivity index (χ0n) is 13.3. The van der Waals surface area contributed by atoms with Crippen LogP contribution < -0.4 is 16.3 Å². The lowest BCUT2D eigenvalue weighted by atomic mass is 10.1. The van der Waals surface area contributed by atoms with Gasteiger partial charge in [0.25, 0.3) is 5.91 Å². The van der Waals surface area contributed by atoms with E-state index in [2.05, 4.69) is 51.0 Å². The van der Waals surface area contributed by atoms with E-state index in [9.17, 15) is 4.79 Å². The number of carbonyl (C=O) groups excluding carboxylic acids is 1. The van der Waals surface area contributed by atoms with E-state index in [0.29, 0.717) is 18.7 Å². The Kier molecular flexibility index (Phi) is 5.37. The van der Waals surface area contributed by atoms with Gasteiger partial charge < -0.3 is 5.32 Å². The van der Waals surface area contributed by atoms with Crippen LogP contribution in [0.1, 0.15) is 11.1 Å². The summed E-state index contributed by atoms with van der Waals surface area (Å²) in [6.07, 6.45) is 0.684. The first-order chi connectivity index (χ1) is 11.6. The third-order valence-corrected chi connectivity index (χ3v) is 4.57. The highest BCUT2D eigenvalue weighted by atomic mass is 127. The molecule has 5 nitrogen and oxygen atoms in total. The molecule has 0 saturated heterocycles. The van der Waals surface area contributed by atoms with E-state index in [1.54, 1.807) is 0 Å². The fourth-order valence-corrected chi connectivity index (χ4v) is 2.86. The lowest BCUT2D eigenvalue weighted by Gasteiger charge is -2.14. The normalized spacial score (nSPS) is 13.8. The molecule has 3 rings (SSSR count). The molecule has 0 saturated carbocycles. The Morgan fingerprint density at radius 2 is 1.79 bits per heavy atom. The van der Waals surface area contributed by atoms with E-state index >= 15 is 0 Å². The number of hydrogen-bond donors (Lipinski definition) is 3. The summed E-state index contributed by atoms with van der Waals surface area (Å²) in [6, 6.07) is 18.2. The number of nitrogens with one attached hydrogen (secondary N) is 3. The largest absolute Gasteiger partial charge is 0.347 e. The molecule has 24 heavy (non-hydrogen) atoms. The van der Waals surface area contributed by atoms with Crippen LogP contribution in [0.2, 0.25) is 0 Å². The Labute approximate surface area is 155 Å². The fourth-order valence-electron chi connectivity index (χ4n) is 2.50. The van der Waals surface area contributed by atoms with Gasteiger partial charge in [-0.1, -0.05) is 42.5 Å². The Morgan fingerprint density at radius 1 is 1.08 bits per heavy atom. The van der Waals surface area contributed by atoms with Gasteiger partial charge in [-0.3, -0.25) is 15.2 Å². The van der Waals surface area contributed by atoms with Crippen molar-refractivity contribution < 1.29 is 4.79 Å². The van der Waals surface area contributed by atoms with Crippen LogP contribution in [-0.4, -0.2) is 18.0 Å². The summed E-state index contributed by atoms with van der Waals surface area (Å²) in [5.74, 6) is -0.115. The van der Waals surface area contributed by atoms with Crippen molar-refractivity contribution in [2.24, 2.45) is 0 Å². The van der Waals surface area contributed by atoms with Crippen molar-refractivity contribution in [1.82, 2.24) is 21.3 Å². The van der Waals surface area contributed by atoms with Gasteiger partial charge in [-0.05, 0) is 45.9 Å². The molecule has 1 aliphatic heterocycles. The minimum absolute atomic E-state index is 0.115. The molecule has 2 aromatic rings. The van der Waals surface area contributed by atoms with Gasteiger partial charge in [0.2, 0.25) is 0 Å². The number of likely N-dealkylation sites (N-methyl/N-ethyl adjacent to an activating group) is 1. The summed E-state index contributed by atoms with van der Waals surface area (Å²) in [5, 5.41) is 4.81. The monoisotopic (exact) mass is 434 g/mol. The third-order valence-electron chi connectivity index (χ3n) is 3.85. The number of benzene rings is 2. The second-order valence-corrected chi connectivity index (χ2v) is 6.83. The minimum Gasteiger partial charge on any atom is -0.347 e. The topological polar surface area (TPSA) is 56.4 Å². The molecule has 2 aromatic carbocycles. The zero-order chi connectivity index (χ0) is 16.9. The molecule has 6 heteroatoms. The molecule has 0 unspecified atom stereocenters. The number of hydrazine groups is 2. The van der Waals surface area contributed by atoms with Crippen LogP contribution >= 0.6 is 22.6 Å². The van der Waals surface area contributed by atoms with Gasteiger partial charge in [0.05, 0.1) is 5.70 Å². The first-order valence-electron chi connectivity index (χ1n) is 7.68. The lowest BCUT2D eigenvalue weighted by Crippen LogP contribution is -2.37. The smallest absolute Gasteiger partial charge is 0.270 e. The van der Waals surface area contributed by atoms with Crippen LogP contribution in [0.25, 0.3) is 0 Å². The molecule has 0 atom stereocenters. The second kappa shape index (κ2) is 7.67. The average Bonchev–Trinajstić information content (AvgIpc) is 2.96. The summed E-state index contributed by atoms with van der Waals surface area (Å²) in [6.45, 7) is 0.503. The number of halogens is 1. The maximum atomic E-state index is 12.5. The summed E-state index contributed by atoms with van der Waals surface area (Å²) < 4.78 is 1.18. The molecule has 0 aromatic heterocycles. The fraction of sp³-hybridized carbons (Fsp3) is 0.167. The second-order valence-electron chi connectivity index (χ2n) is 5.59. The average molecular weight is 434 g/mol. The Morgan fingerprint density at radius 3 is 2.50 bits per heavy atom. The van der Waals surface area contributed by atoms with Crippen LogP contribution in [0, 0.1) is 3.57 Å². The molecule has 124 valence electrons. The Balaban J connectivity index is 1.70. The van der Waals surface area contributed by atoms with Crippen LogP contribution in [0.4, 0.5) is 0 Å². The Hall–Kier alpha value is -2.06. The third kappa shape index (κ3) is 4.07. The van der Waals surface area contributed by atoms with Crippen molar-refractivity contribution in [3.8, 4) is 0 Å². The van der Waals surface area contributed by atoms with E-state index in [1.807, 2.05) is 54.5 Å².